The fourth-order valence-corrected chi connectivity index (χ4v) is 2.68. The van der Waals surface area contributed by atoms with E-state index in [2.05, 4.69) is 22.1 Å². The van der Waals surface area contributed by atoms with E-state index in [9.17, 15) is 0 Å². The van der Waals surface area contributed by atoms with Crippen LogP contribution in [0.15, 0.2) is 0 Å². The van der Waals surface area contributed by atoms with Crippen LogP contribution in [0, 0.1) is 4.77 Å². The molecular weight excluding hydrogens is 256 g/mol. The zero-order valence-corrected chi connectivity index (χ0v) is 11.6. The second-order valence-electron chi connectivity index (χ2n) is 3.58. The molecule has 2 aromatic heterocycles. The first kappa shape index (κ1) is 12.4. The predicted molar refractivity (Wildman–Crippen MR) is 69.6 cm³/mol. The Kier molecular flexibility index (Phi) is 3.70. The van der Waals surface area contributed by atoms with E-state index in [4.69, 9.17) is 17.0 Å². The molecule has 0 atom stereocenters. The zero-order valence-electron chi connectivity index (χ0n) is 9.98. The highest BCUT2D eigenvalue weighted by Gasteiger charge is 2.16. The summed E-state index contributed by atoms with van der Waals surface area (Å²) in [5.41, 5.74) is 0.923. The number of hydrogen-bond acceptors (Lipinski definition) is 5. The van der Waals surface area contributed by atoms with Crippen molar-refractivity contribution >= 4 is 23.6 Å². The Hall–Kier alpha value is -1.05. The van der Waals surface area contributed by atoms with E-state index in [0.29, 0.717) is 11.4 Å². The molecule has 0 saturated carbocycles. The molecule has 0 radical (unpaired) electrons. The number of rotatable bonds is 4. The number of H-pyrrole nitrogens is 1. The number of nitrogens with zero attached hydrogens (tertiary/aromatic N) is 3. The van der Waals surface area contributed by atoms with Gasteiger partial charge in [0.05, 0.1) is 22.2 Å². The molecule has 0 fully saturated rings. The molecule has 0 bridgehead atoms. The van der Waals surface area contributed by atoms with E-state index >= 15 is 0 Å². The molecule has 0 aromatic carbocycles. The largest absolute Gasteiger partial charge is 0.378 e. The highest BCUT2D eigenvalue weighted by atomic mass is 32.1. The van der Waals surface area contributed by atoms with Crippen LogP contribution in [0.2, 0.25) is 0 Å². The monoisotopic (exact) mass is 270 g/mol. The van der Waals surface area contributed by atoms with Gasteiger partial charge in [0, 0.05) is 14.2 Å². The minimum absolute atomic E-state index is 0.492. The number of ether oxygens (including phenoxy) is 1. The van der Waals surface area contributed by atoms with Crippen molar-refractivity contribution in [2.75, 3.05) is 7.11 Å². The minimum Gasteiger partial charge on any atom is -0.378 e. The fraction of sp³-hybridized carbons (Fsp3) is 0.500. The lowest BCUT2D eigenvalue weighted by Crippen LogP contribution is -1.96. The van der Waals surface area contributed by atoms with Gasteiger partial charge in [-0.25, -0.2) is 4.98 Å². The molecule has 92 valence electrons. The van der Waals surface area contributed by atoms with Gasteiger partial charge in [-0.1, -0.05) is 6.92 Å². The van der Waals surface area contributed by atoms with Crippen LogP contribution in [0.5, 0.6) is 0 Å². The third kappa shape index (κ3) is 2.31. The number of thiazole rings is 1. The Bertz CT molecular complexity index is 569. The van der Waals surface area contributed by atoms with E-state index in [-0.39, 0.29) is 0 Å². The summed E-state index contributed by atoms with van der Waals surface area (Å²) in [6, 6.07) is 0. The molecule has 0 saturated heterocycles. The van der Waals surface area contributed by atoms with Crippen molar-refractivity contribution in [1.29, 1.82) is 0 Å². The van der Waals surface area contributed by atoms with Crippen LogP contribution in [0.1, 0.15) is 17.6 Å². The molecule has 0 aliphatic carbocycles. The zero-order chi connectivity index (χ0) is 12.4. The Morgan fingerprint density at radius 3 is 2.82 bits per heavy atom. The molecule has 17 heavy (non-hydrogen) atoms. The van der Waals surface area contributed by atoms with Crippen molar-refractivity contribution in [1.82, 2.24) is 19.7 Å². The van der Waals surface area contributed by atoms with Crippen LogP contribution in [0.3, 0.4) is 0 Å². The number of methoxy groups -OCH3 is 1. The van der Waals surface area contributed by atoms with Gasteiger partial charge in [0.2, 0.25) is 0 Å². The average molecular weight is 270 g/mol. The molecule has 2 heterocycles. The van der Waals surface area contributed by atoms with Gasteiger partial charge < -0.3 is 9.30 Å². The lowest BCUT2D eigenvalue weighted by molar-refractivity contribution is 0.182. The maximum atomic E-state index is 5.17. The fourth-order valence-electron chi connectivity index (χ4n) is 1.51. The minimum atomic E-state index is 0.492. The van der Waals surface area contributed by atoms with Crippen molar-refractivity contribution in [3.05, 3.63) is 15.5 Å². The molecule has 7 heteroatoms. The summed E-state index contributed by atoms with van der Waals surface area (Å²) >= 11 is 6.75. The molecule has 5 nitrogen and oxygen atoms in total. The van der Waals surface area contributed by atoms with E-state index in [1.54, 1.807) is 18.4 Å². The van der Waals surface area contributed by atoms with Crippen molar-refractivity contribution in [3.63, 3.8) is 0 Å². The van der Waals surface area contributed by atoms with Gasteiger partial charge in [0.25, 0.3) is 0 Å². The Balaban J connectivity index is 2.53. The maximum absolute atomic E-state index is 5.17. The third-order valence-electron chi connectivity index (χ3n) is 2.41. The van der Waals surface area contributed by atoms with E-state index in [1.807, 2.05) is 11.6 Å². The van der Waals surface area contributed by atoms with Crippen molar-refractivity contribution in [2.24, 2.45) is 7.05 Å². The number of aromatic amines is 1. The molecule has 1 N–H and O–H groups in total. The second kappa shape index (κ2) is 5.07. The topological polar surface area (TPSA) is 55.7 Å². The molecule has 0 spiro atoms. The Morgan fingerprint density at radius 2 is 2.29 bits per heavy atom. The van der Waals surface area contributed by atoms with E-state index in [1.165, 1.54) is 0 Å². The average Bonchev–Trinajstić information content (AvgIpc) is 2.85. The number of nitrogens with one attached hydrogen (secondary N) is 1. The molecule has 0 unspecified atom stereocenters. The summed E-state index contributed by atoms with van der Waals surface area (Å²) in [4.78, 5) is 5.56. The summed E-state index contributed by atoms with van der Waals surface area (Å²) in [7, 11) is 3.56. The highest BCUT2D eigenvalue weighted by Crippen LogP contribution is 2.29. The lowest BCUT2D eigenvalue weighted by atomic mass is 10.3. The quantitative estimate of drug-likeness (QED) is 0.866. The maximum Gasteiger partial charge on any atom is 0.195 e. The molecule has 0 aliphatic rings. The smallest absolute Gasteiger partial charge is 0.195 e. The first-order chi connectivity index (χ1) is 8.17. The number of aryl methyl sites for hydroxylation is 1. The van der Waals surface area contributed by atoms with Gasteiger partial charge >= 0.3 is 0 Å². The van der Waals surface area contributed by atoms with Crippen LogP contribution in [-0.2, 0) is 24.8 Å². The van der Waals surface area contributed by atoms with E-state index in [0.717, 1.165) is 27.8 Å². The van der Waals surface area contributed by atoms with Crippen LogP contribution in [-0.4, -0.2) is 26.9 Å². The van der Waals surface area contributed by atoms with Gasteiger partial charge in [-0.2, -0.15) is 5.10 Å². The van der Waals surface area contributed by atoms with Crippen LogP contribution >= 0.6 is 23.6 Å². The summed E-state index contributed by atoms with van der Waals surface area (Å²) in [6.45, 7) is 2.58. The summed E-state index contributed by atoms with van der Waals surface area (Å²) in [6.07, 6.45) is 0.913. The summed E-state index contributed by atoms with van der Waals surface area (Å²) in [5.74, 6) is 0.819. The molecule has 0 aliphatic heterocycles. The predicted octanol–water partition coefficient (Wildman–Crippen LogP) is 2.31. The SMILES string of the molecule is CCc1nc(COC)c(-c2n[nH]c(=S)n2C)s1. The molecule has 2 rings (SSSR count). The Labute approximate surface area is 108 Å². The normalized spacial score (nSPS) is 11.0. The van der Waals surface area contributed by atoms with Gasteiger partial charge in [-0.05, 0) is 18.6 Å². The first-order valence-corrected chi connectivity index (χ1v) is 6.49. The molecule has 0 amide bonds. The van der Waals surface area contributed by atoms with E-state index < -0.39 is 0 Å². The number of aromatic nitrogens is 4. The molecular formula is C10H14N4OS2. The van der Waals surface area contributed by atoms with Gasteiger partial charge in [-0.3, -0.25) is 5.10 Å². The van der Waals surface area contributed by atoms with Gasteiger partial charge in [0.1, 0.15) is 0 Å². The molecule has 2 aromatic rings. The van der Waals surface area contributed by atoms with Crippen LogP contribution in [0.25, 0.3) is 10.7 Å². The van der Waals surface area contributed by atoms with Gasteiger partial charge in [0.15, 0.2) is 10.6 Å². The summed E-state index contributed by atoms with van der Waals surface area (Å²) < 4.78 is 7.62. The van der Waals surface area contributed by atoms with Crippen LogP contribution in [0.4, 0.5) is 0 Å². The van der Waals surface area contributed by atoms with Crippen LogP contribution < -0.4 is 0 Å². The highest BCUT2D eigenvalue weighted by molar-refractivity contribution is 7.71. The summed E-state index contributed by atoms with van der Waals surface area (Å²) in [5, 5.41) is 8.11. The standard InChI is InChI=1S/C10H14N4OS2/c1-4-7-11-6(5-15-3)8(17-7)9-12-13-10(16)14(9)2/h4-5H2,1-3H3,(H,13,16). The van der Waals surface area contributed by atoms with Crippen molar-refractivity contribution < 1.29 is 4.74 Å². The third-order valence-corrected chi connectivity index (χ3v) is 4.01. The van der Waals surface area contributed by atoms with Crippen molar-refractivity contribution in [2.45, 2.75) is 20.0 Å². The second-order valence-corrected chi connectivity index (χ2v) is 5.05. The Morgan fingerprint density at radius 1 is 1.53 bits per heavy atom. The van der Waals surface area contributed by atoms with Gasteiger partial charge in [-0.15, -0.1) is 11.3 Å². The first-order valence-electron chi connectivity index (χ1n) is 5.26. The van der Waals surface area contributed by atoms with Crippen molar-refractivity contribution in [3.8, 4) is 10.7 Å². The number of hydrogen-bond donors (Lipinski definition) is 1. The lowest BCUT2D eigenvalue weighted by Gasteiger charge is -2.00.